The summed E-state index contributed by atoms with van der Waals surface area (Å²) >= 11 is 11.9. The molecule has 0 aliphatic carbocycles. The van der Waals surface area contributed by atoms with Crippen molar-refractivity contribution < 1.29 is 9.59 Å². The van der Waals surface area contributed by atoms with E-state index in [2.05, 4.69) is 10.4 Å². The standard InChI is InChI=1S/C14H15Cl2N3O2/c1-19-13(20)5-4-12(18-19)14(21)17-7-6-9-2-3-10(15)8-11(9)16/h2-3,8H,4-7H2,1H3,(H,17,21). The van der Waals surface area contributed by atoms with Crippen LogP contribution in [0, 0.1) is 0 Å². The lowest BCUT2D eigenvalue weighted by molar-refractivity contribution is -0.130. The summed E-state index contributed by atoms with van der Waals surface area (Å²) < 4.78 is 0. The summed E-state index contributed by atoms with van der Waals surface area (Å²) in [5, 5.41) is 9.11. The first-order chi connectivity index (χ1) is 9.97. The van der Waals surface area contributed by atoms with Gasteiger partial charge in [-0.1, -0.05) is 29.3 Å². The highest BCUT2D eigenvalue weighted by molar-refractivity contribution is 6.39. The number of amides is 2. The Balaban J connectivity index is 1.87. The van der Waals surface area contributed by atoms with Crippen molar-refractivity contribution in [2.24, 2.45) is 5.10 Å². The van der Waals surface area contributed by atoms with Crippen molar-refractivity contribution in [1.82, 2.24) is 10.3 Å². The summed E-state index contributed by atoms with van der Waals surface area (Å²) in [5.41, 5.74) is 1.29. The Labute approximate surface area is 132 Å². The summed E-state index contributed by atoms with van der Waals surface area (Å²) in [7, 11) is 1.54. The van der Waals surface area contributed by atoms with Crippen LogP contribution in [0.25, 0.3) is 0 Å². The number of benzene rings is 1. The molecular weight excluding hydrogens is 313 g/mol. The maximum absolute atomic E-state index is 11.9. The normalized spacial score (nSPS) is 14.9. The van der Waals surface area contributed by atoms with Gasteiger partial charge in [0, 0.05) is 36.5 Å². The molecule has 1 aliphatic heterocycles. The summed E-state index contributed by atoms with van der Waals surface area (Å²) in [4.78, 5) is 23.2. The van der Waals surface area contributed by atoms with E-state index >= 15 is 0 Å². The molecule has 0 saturated heterocycles. The van der Waals surface area contributed by atoms with Gasteiger partial charge in [-0.15, -0.1) is 0 Å². The molecule has 1 aliphatic rings. The summed E-state index contributed by atoms with van der Waals surface area (Å²) in [6.45, 7) is 0.441. The van der Waals surface area contributed by atoms with Crippen LogP contribution in [0.1, 0.15) is 18.4 Å². The minimum Gasteiger partial charge on any atom is -0.351 e. The van der Waals surface area contributed by atoms with Gasteiger partial charge in [0.2, 0.25) is 5.91 Å². The fourth-order valence-corrected chi connectivity index (χ4v) is 2.47. The van der Waals surface area contributed by atoms with Gasteiger partial charge in [-0.2, -0.15) is 5.10 Å². The zero-order valence-corrected chi connectivity index (χ0v) is 13.0. The van der Waals surface area contributed by atoms with E-state index in [-0.39, 0.29) is 11.8 Å². The Morgan fingerprint density at radius 3 is 2.81 bits per heavy atom. The smallest absolute Gasteiger partial charge is 0.267 e. The third kappa shape index (κ3) is 4.19. The number of nitrogens with one attached hydrogen (secondary N) is 1. The molecule has 1 aromatic rings. The van der Waals surface area contributed by atoms with Gasteiger partial charge in [0.05, 0.1) is 0 Å². The number of carbonyl (C=O) groups is 2. The molecule has 0 fully saturated rings. The van der Waals surface area contributed by atoms with Gasteiger partial charge in [-0.25, -0.2) is 5.01 Å². The van der Waals surface area contributed by atoms with Gasteiger partial charge in [0.1, 0.15) is 5.71 Å². The van der Waals surface area contributed by atoms with Crippen LogP contribution in [0.3, 0.4) is 0 Å². The van der Waals surface area contributed by atoms with Crippen LogP contribution < -0.4 is 5.32 Å². The Kier molecular flexibility index (Phi) is 5.20. The van der Waals surface area contributed by atoms with Crippen molar-refractivity contribution in [3.05, 3.63) is 33.8 Å². The summed E-state index contributed by atoms with van der Waals surface area (Å²) in [5.74, 6) is -0.334. The fourth-order valence-electron chi connectivity index (χ4n) is 1.97. The molecule has 0 atom stereocenters. The lowest BCUT2D eigenvalue weighted by atomic mass is 10.1. The van der Waals surface area contributed by atoms with Gasteiger partial charge in [0.25, 0.3) is 5.91 Å². The molecule has 0 unspecified atom stereocenters. The average Bonchev–Trinajstić information content (AvgIpc) is 2.44. The Bertz CT molecular complexity index is 602. The second kappa shape index (κ2) is 6.91. The molecule has 7 heteroatoms. The number of hydrogen-bond acceptors (Lipinski definition) is 3. The van der Waals surface area contributed by atoms with E-state index in [9.17, 15) is 9.59 Å². The number of carbonyl (C=O) groups excluding carboxylic acids is 2. The number of hydrazone groups is 1. The van der Waals surface area contributed by atoms with Gasteiger partial charge in [0.15, 0.2) is 0 Å². The molecule has 0 aromatic heterocycles. The minimum absolute atomic E-state index is 0.0838. The summed E-state index contributed by atoms with van der Waals surface area (Å²) in [6.07, 6.45) is 1.28. The molecule has 0 saturated carbocycles. The predicted octanol–water partition coefficient (Wildman–Crippen LogP) is 2.26. The van der Waals surface area contributed by atoms with E-state index in [0.29, 0.717) is 41.6 Å². The van der Waals surface area contributed by atoms with E-state index in [4.69, 9.17) is 23.2 Å². The molecule has 2 rings (SSSR count). The van der Waals surface area contributed by atoms with Crippen molar-refractivity contribution in [2.45, 2.75) is 19.3 Å². The largest absolute Gasteiger partial charge is 0.351 e. The van der Waals surface area contributed by atoms with E-state index < -0.39 is 0 Å². The van der Waals surface area contributed by atoms with Crippen LogP contribution in [-0.2, 0) is 16.0 Å². The molecule has 2 amide bonds. The second-order valence-corrected chi connectivity index (χ2v) is 5.55. The quantitative estimate of drug-likeness (QED) is 0.922. The summed E-state index contributed by atoms with van der Waals surface area (Å²) in [6, 6.07) is 5.27. The van der Waals surface area contributed by atoms with Gasteiger partial charge in [-0.3, -0.25) is 9.59 Å². The highest BCUT2D eigenvalue weighted by Crippen LogP contribution is 2.21. The first-order valence-corrected chi connectivity index (χ1v) is 7.29. The van der Waals surface area contributed by atoms with Gasteiger partial charge >= 0.3 is 0 Å². The van der Waals surface area contributed by atoms with Crippen molar-refractivity contribution in [3.63, 3.8) is 0 Å². The lowest BCUT2D eigenvalue weighted by Gasteiger charge is -2.18. The second-order valence-electron chi connectivity index (χ2n) is 4.71. The van der Waals surface area contributed by atoms with Crippen LogP contribution in [-0.4, -0.2) is 36.1 Å². The molecular formula is C14H15Cl2N3O2. The molecule has 112 valence electrons. The van der Waals surface area contributed by atoms with E-state index in [1.54, 1.807) is 19.2 Å². The Hall–Kier alpha value is -1.59. The van der Waals surface area contributed by atoms with Crippen LogP contribution in [0.5, 0.6) is 0 Å². The first kappa shape index (κ1) is 15.8. The topological polar surface area (TPSA) is 61.8 Å². The minimum atomic E-state index is -0.251. The Morgan fingerprint density at radius 2 is 2.14 bits per heavy atom. The number of hydrogen-bond donors (Lipinski definition) is 1. The van der Waals surface area contributed by atoms with Crippen molar-refractivity contribution in [1.29, 1.82) is 0 Å². The zero-order valence-electron chi connectivity index (χ0n) is 11.5. The van der Waals surface area contributed by atoms with E-state index in [0.717, 1.165) is 5.56 Å². The first-order valence-electron chi connectivity index (χ1n) is 6.53. The average molecular weight is 328 g/mol. The Morgan fingerprint density at radius 1 is 1.38 bits per heavy atom. The fraction of sp³-hybridized carbons (Fsp3) is 0.357. The van der Waals surface area contributed by atoms with E-state index in [1.165, 1.54) is 5.01 Å². The number of halogens is 2. The highest BCUT2D eigenvalue weighted by Gasteiger charge is 2.21. The maximum atomic E-state index is 11.9. The zero-order chi connectivity index (χ0) is 15.4. The molecule has 0 spiro atoms. The number of nitrogens with zero attached hydrogens (tertiary/aromatic N) is 2. The molecule has 0 radical (unpaired) electrons. The highest BCUT2D eigenvalue weighted by atomic mass is 35.5. The van der Waals surface area contributed by atoms with E-state index in [1.807, 2.05) is 6.07 Å². The molecule has 1 aromatic carbocycles. The maximum Gasteiger partial charge on any atom is 0.267 e. The van der Waals surface area contributed by atoms with Crippen LogP contribution >= 0.6 is 23.2 Å². The molecule has 1 heterocycles. The molecule has 21 heavy (non-hydrogen) atoms. The van der Waals surface area contributed by atoms with Gasteiger partial charge < -0.3 is 5.32 Å². The van der Waals surface area contributed by atoms with Crippen LogP contribution in [0.4, 0.5) is 0 Å². The third-order valence-corrected chi connectivity index (χ3v) is 3.75. The van der Waals surface area contributed by atoms with Crippen molar-refractivity contribution in [2.75, 3.05) is 13.6 Å². The van der Waals surface area contributed by atoms with Crippen LogP contribution in [0.15, 0.2) is 23.3 Å². The predicted molar refractivity (Wildman–Crippen MR) is 82.6 cm³/mol. The molecule has 5 nitrogen and oxygen atoms in total. The third-order valence-electron chi connectivity index (χ3n) is 3.16. The number of rotatable bonds is 4. The SMILES string of the molecule is CN1N=C(C(=O)NCCc2ccc(Cl)cc2Cl)CCC1=O. The monoisotopic (exact) mass is 327 g/mol. The molecule has 1 N–H and O–H groups in total. The van der Waals surface area contributed by atoms with Crippen LogP contribution in [0.2, 0.25) is 10.0 Å². The lowest BCUT2D eigenvalue weighted by Crippen LogP contribution is -2.38. The van der Waals surface area contributed by atoms with Gasteiger partial charge in [-0.05, 0) is 24.1 Å². The van der Waals surface area contributed by atoms with Crippen molar-refractivity contribution >= 4 is 40.7 Å². The van der Waals surface area contributed by atoms with Crippen molar-refractivity contribution in [3.8, 4) is 0 Å². The molecule has 0 bridgehead atoms.